The molecule has 1 saturated heterocycles. The SMILES string of the molecule is CN(C)C1(c2ccccc2)CCC2(CC1)CN(CCS(C)(=O)=O)C(=O)N2CC1(C#N)CCC1. The Morgan fingerprint density at radius 2 is 1.70 bits per heavy atom. The minimum absolute atomic E-state index is 0.0301. The summed E-state index contributed by atoms with van der Waals surface area (Å²) >= 11 is 0. The molecule has 2 amide bonds. The Bertz CT molecular complexity index is 1020. The van der Waals surface area contributed by atoms with Crippen molar-refractivity contribution in [1.29, 1.82) is 5.26 Å². The number of carbonyl (C=O) groups excluding carboxylic acids is 1. The van der Waals surface area contributed by atoms with Crippen LogP contribution in [0.1, 0.15) is 50.5 Å². The van der Waals surface area contributed by atoms with Gasteiger partial charge in [-0.25, -0.2) is 13.2 Å². The topological polar surface area (TPSA) is 84.7 Å². The molecule has 2 saturated carbocycles. The van der Waals surface area contributed by atoms with Crippen molar-refractivity contribution < 1.29 is 13.2 Å². The van der Waals surface area contributed by atoms with Crippen LogP contribution in [0.25, 0.3) is 0 Å². The third kappa shape index (κ3) is 4.38. The van der Waals surface area contributed by atoms with Gasteiger partial charge in [0.1, 0.15) is 9.84 Å². The summed E-state index contributed by atoms with van der Waals surface area (Å²) < 4.78 is 23.6. The molecule has 0 aromatic heterocycles. The highest BCUT2D eigenvalue weighted by atomic mass is 32.2. The summed E-state index contributed by atoms with van der Waals surface area (Å²) in [5.41, 5.74) is 0.403. The molecule has 2 aliphatic carbocycles. The molecule has 1 spiro atoms. The molecule has 0 unspecified atom stereocenters. The molecule has 1 heterocycles. The van der Waals surface area contributed by atoms with Gasteiger partial charge in [-0.15, -0.1) is 0 Å². The fourth-order valence-corrected chi connectivity index (χ4v) is 6.63. The van der Waals surface area contributed by atoms with Crippen molar-refractivity contribution in [1.82, 2.24) is 14.7 Å². The summed E-state index contributed by atoms with van der Waals surface area (Å²) in [4.78, 5) is 19.5. The lowest BCUT2D eigenvalue weighted by Crippen LogP contribution is -2.57. The molecule has 0 bridgehead atoms. The average Bonchev–Trinajstić information content (AvgIpc) is 3.00. The summed E-state index contributed by atoms with van der Waals surface area (Å²) in [6, 6.07) is 13.0. The van der Waals surface area contributed by atoms with E-state index in [4.69, 9.17) is 0 Å². The Kier molecular flexibility index (Phi) is 6.25. The fraction of sp³-hybridized carbons (Fsp3) is 0.680. The van der Waals surface area contributed by atoms with Crippen molar-refractivity contribution in [3.63, 3.8) is 0 Å². The van der Waals surface area contributed by atoms with Gasteiger partial charge in [0, 0.05) is 31.4 Å². The van der Waals surface area contributed by atoms with Gasteiger partial charge in [0.05, 0.1) is 22.8 Å². The molecule has 180 valence electrons. The minimum Gasteiger partial charge on any atom is -0.321 e. The zero-order chi connectivity index (χ0) is 23.9. The Hall–Kier alpha value is -2.11. The maximum Gasteiger partial charge on any atom is 0.320 e. The van der Waals surface area contributed by atoms with Crippen LogP contribution in [0.15, 0.2) is 30.3 Å². The van der Waals surface area contributed by atoms with Crippen LogP contribution in [-0.2, 0) is 15.4 Å². The first kappa shape index (κ1) is 24.0. The van der Waals surface area contributed by atoms with Crippen LogP contribution in [0.3, 0.4) is 0 Å². The quantitative estimate of drug-likeness (QED) is 0.608. The fourth-order valence-electron chi connectivity index (χ4n) is 6.08. The number of nitrogens with zero attached hydrogens (tertiary/aromatic N) is 4. The van der Waals surface area contributed by atoms with Crippen LogP contribution >= 0.6 is 0 Å². The van der Waals surface area contributed by atoms with E-state index < -0.39 is 15.3 Å². The van der Waals surface area contributed by atoms with Crippen molar-refractivity contribution >= 4 is 15.9 Å². The van der Waals surface area contributed by atoms with Gasteiger partial charge >= 0.3 is 6.03 Å². The standard InChI is InChI=1S/C25H36N4O3S/c1-27(2)25(21-8-5-4-6-9-21)14-12-24(13-15-25)20-28(16-17-33(3,31)32)22(30)29(24)19-23(18-26)10-7-11-23/h4-6,8-9H,7,10-17,19-20H2,1-3H3. The first-order valence-corrected chi connectivity index (χ1v) is 14.0. The third-order valence-corrected chi connectivity index (χ3v) is 9.40. The lowest BCUT2D eigenvalue weighted by molar-refractivity contribution is 0.00733. The maximum atomic E-state index is 13.5. The number of rotatable bonds is 7. The molecule has 1 aromatic rings. The van der Waals surface area contributed by atoms with Crippen LogP contribution in [0.2, 0.25) is 0 Å². The van der Waals surface area contributed by atoms with E-state index in [-0.39, 0.29) is 29.4 Å². The van der Waals surface area contributed by atoms with Crippen LogP contribution < -0.4 is 0 Å². The lowest BCUT2D eigenvalue weighted by atomic mass is 9.66. The molecule has 4 rings (SSSR count). The van der Waals surface area contributed by atoms with Crippen LogP contribution in [-0.4, -0.2) is 80.4 Å². The second-order valence-corrected chi connectivity index (χ2v) is 12.9. The molecule has 7 nitrogen and oxygen atoms in total. The minimum atomic E-state index is -3.17. The smallest absolute Gasteiger partial charge is 0.320 e. The second-order valence-electron chi connectivity index (χ2n) is 10.7. The van der Waals surface area contributed by atoms with Crippen molar-refractivity contribution in [3.05, 3.63) is 35.9 Å². The van der Waals surface area contributed by atoms with Gasteiger partial charge in [-0.1, -0.05) is 36.8 Å². The van der Waals surface area contributed by atoms with Gasteiger partial charge in [-0.05, 0) is 58.2 Å². The highest BCUT2D eigenvalue weighted by Gasteiger charge is 2.56. The molecule has 1 aliphatic heterocycles. The summed E-state index contributed by atoms with van der Waals surface area (Å²) in [6.07, 6.45) is 7.40. The number of hydrogen-bond acceptors (Lipinski definition) is 5. The molecule has 8 heteroatoms. The summed E-state index contributed by atoms with van der Waals surface area (Å²) in [7, 11) is 1.08. The molecule has 3 aliphatic rings. The summed E-state index contributed by atoms with van der Waals surface area (Å²) in [6.45, 7) is 1.21. The largest absolute Gasteiger partial charge is 0.321 e. The Balaban J connectivity index is 1.62. The van der Waals surface area contributed by atoms with E-state index in [9.17, 15) is 18.5 Å². The molecule has 0 radical (unpaired) electrons. The van der Waals surface area contributed by atoms with E-state index in [1.54, 1.807) is 4.90 Å². The normalized spacial score (nSPS) is 29.4. The number of nitriles is 1. The lowest BCUT2D eigenvalue weighted by Gasteiger charge is -2.52. The Morgan fingerprint density at radius 3 is 2.18 bits per heavy atom. The highest BCUT2D eigenvalue weighted by molar-refractivity contribution is 7.90. The second kappa shape index (κ2) is 8.59. The number of urea groups is 1. The zero-order valence-electron chi connectivity index (χ0n) is 20.1. The highest BCUT2D eigenvalue weighted by Crippen LogP contribution is 2.51. The van der Waals surface area contributed by atoms with Crippen molar-refractivity contribution in [2.75, 3.05) is 45.7 Å². The van der Waals surface area contributed by atoms with E-state index in [1.165, 1.54) is 11.8 Å². The molecule has 33 heavy (non-hydrogen) atoms. The van der Waals surface area contributed by atoms with Crippen molar-refractivity contribution in [2.24, 2.45) is 5.41 Å². The van der Waals surface area contributed by atoms with E-state index in [1.807, 2.05) is 11.0 Å². The van der Waals surface area contributed by atoms with Gasteiger partial charge in [-0.2, -0.15) is 5.26 Å². The monoisotopic (exact) mass is 472 g/mol. The molecule has 0 atom stereocenters. The van der Waals surface area contributed by atoms with Gasteiger partial charge < -0.3 is 9.80 Å². The third-order valence-electron chi connectivity index (χ3n) is 8.47. The zero-order valence-corrected chi connectivity index (χ0v) is 20.9. The maximum absolute atomic E-state index is 13.5. The molecular weight excluding hydrogens is 436 g/mol. The van der Waals surface area contributed by atoms with Crippen LogP contribution in [0.5, 0.6) is 0 Å². The van der Waals surface area contributed by atoms with Gasteiger partial charge in [-0.3, -0.25) is 4.90 Å². The van der Waals surface area contributed by atoms with Crippen LogP contribution in [0, 0.1) is 16.7 Å². The molecule has 1 aromatic carbocycles. The average molecular weight is 473 g/mol. The van der Waals surface area contributed by atoms with Gasteiger partial charge in [0.15, 0.2) is 0 Å². The van der Waals surface area contributed by atoms with E-state index in [0.717, 1.165) is 44.9 Å². The number of benzene rings is 1. The first-order chi connectivity index (χ1) is 15.5. The predicted molar refractivity (Wildman–Crippen MR) is 128 cm³/mol. The van der Waals surface area contributed by atoms with E-state index in [2.05, 4.69) is 49.3 Å². The summed E-state index contributed by atoms with van der Waals surface area (Å²) in [5, 5.41) is 9.86. The number of carbonyl (C=O) groups is 1. The first-order valence-electron chi connectivity index (χ1n) is 11.9. The Morgan fingerprint density at radius 1 is 1.06 bits per heavy atom. The Labute approximate surface area is 198 Å². The molecule has 0 N–H and O–H groups in total. The van der Waals surface area contributed by atoms with Crippen molar-refractivity contribution in [2.45, 2.75) is 56.0 Å². The van der Waals surface area contributed by atoms with Gasteiger partial charge in [0.25, 0.3) is 0 Å². The van der Waals surface area contributed by atoms with Crippen molar-refractivity contribution in [3.8, 4) is 6.07 Å². The van der Waals surface area contributed by atoms with Gasteiger partial charge in [0.2, 0.25) is 0 Å². The number of sulfone groups is 1. The number of amides is 2. The molecule has 3 fully saturated rings. The van der Waals surface area contributed by atoms with E-state index in [0.29, 0.717) is 13.1 Å². The van der Waals surface area contributed by atoms with Crippen LogP contribution in [0.4, 0.5) is 4.79 Å². The predicted octanol–water partition coefficient (Wildman–Crippen LogP) is 3.23. The summed E-state index contributed by atoms with van der Waals surface area (Å²) in [5.74, 6) is -0.0301. The number of hydrogen-bond donors (Lipinski definition) is 0. The van der Waals surface area contributed by atoms with E-state index >= 15 is 0 Å². The molecular formula is C25H36N4O3S.